The number of aryl methyl sites for hydroxylation is 1. The average molecular weight is 356 g/mol. The first-order valence-electron chi connectivity index (χ1n) is 8.08. The number of hydrogen-bond acceptors (Lipinski definition) is 5. The van der Waals surface area contributed by atoms with Gasteiger partial charge in [-0.25, -0.2) is 4.98 Å². The lowest BCUT2D eigenvalue weighted by Crippen LogP contribution is -2.12. The van der Waals surface area contributed by atoms with Gasteiger partial charge < -0.3 is 14.8 Å². The van der Waals surface area contributed by atoms with E-state index in [2.05, 4.69) is 10.3 Å². The van der Waals surface area contributed by atoms with Crippen LogP contribution in [-0.2, 0) is 4.79 Å². The Labute approximate surface area is 150 Å². The summed E-state index contributed by atoms with van der Waals surface area (Å²) in [5.74, 6) is 1.55. The van der Waals surface area contributed by atoms with Gasteiger partial charge in [0.25, 0.3) is 0 Å². The van der Waals surface area contributed by atoms with Crippen LogP contribution in [0, 0.1) is 6.92 Å². The summed E-state index contributed by atoms with van der Waals surface area (Å²) in [5, 5.41) is 3.45. The minimum Gasteiger partial charge on any atom is -0.497 e. The number of nitrogens with zero attached hydrogens (tertiary/aromatic N) is 1. The number of nitrogens with one attached hydrogen (secondary N) is 1. The number of carbonyl (C=O) groups excluding carboxylic acids is 1. The number of anilines is 1. The van der Waals surface area contributed by atoms with Crippen LogP contribution >= 0.6 is 11.3 Å². The van der Waals surface area contributed by atoms with Gasteiger partial charge in [-0.05, 0) is 43.7 Å². The number of rotatable bonds is 7. The van der Waals surface area contributed by atoms with Crippen molar-refractivity contribution < 1.29 is 14.3 Å². The Morgan fingerprint density at radius 2 is 1.92 bits per heavy atom. The van der Waals surface area contributed by atoms with Crippen molar-refractivity contribution >= 4 is 32.6 Å². The molecule has 0 fully saturated rings. The molecule has 3 rings (SSSR count). The van der Waals surface area contributed by atoms with Gasteiger partial charge in [0.05, 0.1) is 23.9 Å². The molecule has 0 aliphatic heterocycles. The summed E-state index contributed by atoms with van der Waals surface area (Å²) in [7, 11) is 1.63. The molecule has 0 bridgehead atoms. The monoisotopic (exact) mass is 356 g/mol. The van der Waals surface area contributed by atoms with Crippen LogP contribution in [0.25, 0.3) is 10.2 Å². The molecule has 0 saturated heterocycles. The Bertz CT molecular complexity index is 859. The fourth-order valence-electron chi connectivity index (χ4n) is 2.32. The Kier molecular flexibility index (Phi) is 5.50. The predicted octanol–water partition coefficient (Wildman–Crippen LogP) is 4.41. The molecule has 0 radical (unpaired) electrons. The van der Waals surface area contributed by atoms with E-state index in [1.54, 1.807) is 7.11 Å². The lowest BCUT2D eigenvalue weighted by molar-refractivity contribution is -0.116. The Hall–Kier alpha value is -2.60. The molecule has 2 aromatic carbocycles. The normalized spacial score (nSPS) is 10.6. The Morgan fingerprint density at radius 1 is 1.16 bits per heavy atom. The minimum atomic E-state index is -0.0569. The number of thiazole rings is 1. The molecule has 0 aliphatic rings. The van der Waals surface area contributed by atoms with E-state index in [-0.39, 0.29) is 5.91 Å². The van der Waals surface area contributed by atoms with Crippen molar-refractivity contribution in [2.45, 2.75) is 19.8 Å². The molecule has 0 saturated carbocycles. The molecule has 0 spiro atoms. The maximum atomic E-state index is 12.0. The molecule has 0 atom stereocenters. The van der Waals surface area contributed by atoms with Gasteiger partial charge in [0.2, 0.25) is 5.91 Å². The van der Waals surface area contributed by atoms with E-state index >= 15 is 0 Å². The van der Waals surface area contributed by atoms with E-state index in [4.69, 9.17) is 9.47 Å². The molecule has 25 heavy (non-hydrogen) atoms. The van der Waals surface area contributed by atoms with Gasteiger partial charge in [-0.15, -0.1) is 0 Å². The molecule has 1 heterocycles. The van der Waals surface area contributed by atoms with E-state index in [1.807, 2.05) is 49.4 Å². The van der Waals surface area contributed by atoms with E-state index in [9.17, 15) is 4.79 Å². The fourth-order valence-corrected chi connectivity index (χ4v) is 3.23. The van der Waals surface area contributed by atoms with Crippen molar-refractivity contribution in [2.75, 3.05) is 19.0 Å². The first-order valence-corrected chi connectivity index (χ1v) is 8.89. The molecule has 0 unspecified atom stereocenters. The minimum absolute atomic E-state index is 0.0569. The summed E-state index contributed by atoms with van der Waals surface area (Å²) in [6.45, 7) is 2.54. The second-order valence-corrected chi connectivity index (χ2v) is 6.70. The lowest BCUT2D eigenvalue weighted by Gasteiger charge is -2.06. The van der Waals surface area contributed by atoms with Gasteiger partial charge in [-0.1, -0.05) is 29.0 Å². The lowest BCUT2D eigenvalue weighted by atomic mass is 10.2. The summed E-state index contributed by atoms with van der Waals surface area (Å²) in [6, 6.07) is 13.5. The van der Waals surface area contributed by atoms with E-state index in [0.717, 1.165) is 21.7 Å². The van der Waals surface area contributed by atoms with Crippen LogP contribution in [0.5, 0.6) is 11.5 Å². The van der Waals surface area contributed by atoms with Crippen molar-refractivity contribution in [1.82, 2.24) is 4.98 Å². The highest BCUT2D eigenvalue weighted by Gasteiger charge is 2.08. The zero-order chi connectivity index (χ0) is 17.6. The van der Waals surface area contributed by atoms with Gasteiger partial charge in [-0.2, -0.15) is 0 Å². The molecular weight excluding hydrogens is 336 g/mol. The summed E-state index contributed by atoms with van der Waals surface area (Å²) in [6.07, 6.45) is 1.05. The number of aromatic nitrogens is 1. The van der Waals surface area contributed by atoms with Crippen LogP contribution in [0.15, 0.2) is 42.5 Å². The van der Waals surface area contributed by atoms with E-state index in [0.29, 0.717) is 24.6 Å². The van der Waals surface area contributed by atoms with Crippen LogP contribution in [-0.4, -0.2) is 24.6 Å². The number of carbonyl (C=O) groups is 1. The van der Waals surface area contributed by atoms with Gasteiger partial charge in [0.15, 0.2) is 5.13 Å². The molecule has 1 N–H and O–H groups in total. The van der Waals surface area contributed by atoms with Crippen molar-refractivity contribution in [3.05, 3.63) is 48.0 Å². The molecule has 5 nitrogen and oxygen atoms in total. The molecule has 1 amide bonds. The molecule has 6 heteroatoms. The molecule has 1 aromatic heterocycles. The molecule has 130 valence electrons. The maximum Gasteiger partial charge on any atom is 0.226 e. The third-order valence-corrected chi connectivity index (χ3v) is 4.61. The van der Waals surface area contributed by atoms with Crippen LogP contribution in [0.2, 0.25) is 0 Å². The average Bonchev–Trinajstić information content (AvgIpc) is 3.01. The second kappa shape index (κ2) is 7.98. The van der Waals surface area contributed by atoms with Crippen molar-refractivity contribution in [3.63, 3.8) is 0 Å². The third kappa shape index (κ3) is 4.70. The van der Waals surface area contributed by atoms with Gasteiger partial charge in [-0.3, -0.25) is 4.79 Å². The van der Waals surface area contributed by atoms with E-state index < -0.39 is 0 Å². The summed E-state index contributed by atoms with van der Waals surface area (Å²) >= 11 is 1.44. The van der Waals surface area contributed by atoms with Gasteiger partial charge >= 0.3 is 0 Å². The standard InChI is InChI=1S/C19H20N2O3S/c1-13-5-7-14(8-6-13)24-11-3-4-18(22)21-19-20-16-10-9-15(23-2)12-17(16)25-19/h5-10,12H,3-4,11H2,1-2H3,(H,20,21,22). The first kappa shape index (κ1) is 17.2. The van der Waals surface area contributed by atoms with E-state index in [1.165, 1.54) is 16.9 Å². The number of fused-ring (bicyclic) bond motifs is 1. The van der Waals surface area contributed by atoms with Crippen molar-refractivity contribution in [1.29, 1.82) is 0 Å². The summed E-state index contributed by atoms with van der Waals surface area (Å²) < 4.78 is 11.8. The number of methoxy groups -OCH3 is 1. The number of amides is 1. The zero-order valence-corrected chi connectivity index (χ0v) is 15.1. The Morgan fingerprint density at radius 3 is 2.68 bits per heavy atom. The predicted molar refractivity (Wildman–Crippen MR) is 101 cm³/mol. The first-order chi connectivity index (χ1) is 12.1. The highest BCUT2D eigenvalue weighted by atomic mass is 32.1. The van der Waals surface area contributed by atoms with Crippen molar-refractivity contribution in [3.8, 4) is 11.5 Å². The van der Waals surface area contributed by atoms with Gasteiger partial charge in [0.1, 0.15) is 11.5 Å². The summed E-state index contributed by atoms with van der Waals surface area (Å²) in [5.41, 5.74) is 2.05. The number of benzene rings is 2. The molecule has 3 aromatic rings. The second-order valence-electron chi connectivity index (χ2n) is 5.67. The van der Waals surface area contributed by atoms with Crippen LogP contribution < -0.4 is 14.8 Å². The SMILES string of the molecule is COc1ccc2nc(NC(=O)CCCOc3ccc(C)cc3)sc2c1. The number of hydrogen-bond donors (Lipinski definition) is 1. The third-order valence-electron chi connectivity index (χ3n) is 3.68. The summed E-state index contributed by atoms with van der Waals surface area (Å²) in [4.78, 5) is 16.5. The quantitative estimate of drug-likeness (QED) is 0.637. The van der Waals surface area contributed by atoms with Gasteiger partial charge in [0, 0.05) is 6.42 Å². The van der Waals surface area contributed by atoms with Crippen LogP contribution in [0.3, 0.4) is 0 Å². The zero-order valence-electron chi connectivity index (χ0n) is 14.2. The highest BCUT2D eigenvalue weighted by Crippen LogP contribution is 2.29. The number of ether oxygens (including phenoxy) is 2. The fraction of sp³-hybridized carbons (Fsp3) is 0.263. The molecule has 0 aliphatic carbocycles. The maximum absolute atomic E-state index is 12.0. The smallest absolute Gasteiger partial charge is 0.226 e. The van der Waals surface area contributed by atoms with Crippen LogP contribution in [0.1, 0.15) is 18.4 Å². The highest BCUT2D eigenvalue weighted by molar-refractivity contribution is 7.22. The molecular formula is C19H20N2O3S. The topological polar surface area (TPSA) is 60.5 Å². The van der Waals surface area contributed by atoms with Crippen molar-refractivity contribution in [2.24, 2.45) is 0 Å². The largest absolute Gasteiger partial charge is 0.497 e. The Balaban J connectivity index is 1.46. The van der Waals surface area contributed by atoms with Crippen LogP contribution in [0.4, 0.5) is 5.13 Å².